The Morgan fingerprint density at radius 3 is 2.24 bits per heavy atom. The first-order chi connectivity index (χ1) is 17.8. The molecule has 1 heterocycles. The minimum atomic E-state index is -3.78. The highest BCUT2D eigenvalue weighted by Crippen LogP contribution is 2.39. The molecule has 0 saturated heterocycles. The van der Waals surface area contributed by atoms with Crippen LogP contribution in [0, 0.1) is 17.5 Å². The van der Waals surface area contributed by atoms with Crippen molar-refractivity contribution in [2.75, 3.05) is 13.4 Å². The molecule has 11 heteroatoms. The highest BCUT2D eigenvalue weighted by Gasteiger charge is 2.30. The van der Waals surface area contributed by atoms with E-state index in [0.29, 0.717) is 21.6 Å². The van der Waals surface area contributed by atoms with Gasteiger partial charge in [-0.1, -0.05) is 43.3 Å². The molecule has 0 saturated carbocycles. The van der Waals surface area contributed by atoms with Crippen LogP contribution < -0.4 is 4.74 Å². The van der Waals surface area contributed by atoms with Crippen molar-refractivity contribution in [1.82, 2.24) is 9.55 Å². The Kier molecular flexibility index (Phi) is 7.88. The Hall–Kier alpha value is -2.95. The zero-order valence-corrected chi connectivity index (χ0v) is 23.3. The fourth-order valence-electron chi connectivity index (χ4n) is 3.98. The second kappa shape index (κ2) is 10.7. The number of methoxy groups -OCH3 is 1. The Morgan fingerprint density at radius 1 is 1.03 bits per heavy atom. The smallest absolute Gasteiger partial charge is 0.175 e. The van der Waals surface area contributed by atoms with Crippen LogP contribution in [0.15, 0.2) is 70.8 Å². The number of hydrogen-bond donors (Lipinski definition) is 0. The summed E-state index contributed by atoms with van der Waals surface area (Å²) < 4.78 is 73.8. The molecule has 0 N–H and O–H groups in total. The summed E-state index contributed by atoms with van der Waals surface area (Å²) >= 11 is 7.29. The number of halogens is 4. The first-order valence-corrected chi connectivity index (χ1v) is 14.6. The third kappa shape index (κ3) is 5.57. The van der Waals surface area contributed by atoms with E-state index in [9.17, 15) is 21.6 Å². The molecule has 4 rings (SSSR count). The molecule has 0 fully saturated rings. The molecule has 0 aliphatic rings. The number of ether oxygens (including phenoxy) is 1. The average Bonchev–Trinajstić information content (AvgIpc) is 3.28. The maximum atomic E-state index is 14.7. The molecule has 3 aromatic carbocycles. The van der Waals surface area contributed by atoms with Crippen LogP contribution in [0.3, 0.4) is 0 Å². The van der Waals surface area contributed by atoms with E-state index in [4.69, 9.17) is 16.3 Å². The van der Waals surface area contributed by atoms with Gasteiger partial charge in [-0.05, 0) is 54.1 Å². The molecule has 0 atom stereocenters. The molecule has 1 aromatic heterocycles. The van der Waals surface area contributed by atoms with E-state index in [0.717, 1.165) is 41.4 Å². The summed E-state index contributed by atoms with van der Waals surface area (Å²) in [7, 11) is -2.25. The highest BCUT2D eigenvalue weighted by atomic mass is 35.5. The second-order valence-corrected chi connectivity index (χ2v) is 12.5. The number of aromatic nitrogens is 2. The van der Waals surface area contributed by atoms with Crippen LogP contribution in [-0.4, -0.2) is 31.3 Å². The maximum Gasteiger partial charge on any atom is 0.175 e. The van der Waals surface area contributed by atoms with E-state index < -0.39 is 37.6 Å². The SMILES string of the molecule is COc1cc(C(C)(C)c2cnc(SCc3c(F)cc(S(C)(=O)=O)cc3F)n2-c2ccc(F)cc2)ccc1Cl. The van der Waals surface area contributed by atoms with E-state index in [1.54, 1.807) is 29.0 Å². The monoisotopic (exact) mass is 580 g/mol. The molecule has 38 heavy (non-hydrogen) atoms. The zero-order valence-electron chi connectivity index (χ0n) is 20.9. The average molecular weight is 581 g/mol. The standard InChI is InChI=1S/C27H24ClF3N2O3S2/c1-27(2,16-5-10-21(28)24(11-16)36-3)25-14-32-26(33(25)18-8-6-17(29)7-9-18)37-15-20-22(30)12-19(13-23(20)31)38(4,34)35/h5-14H,15H2,1-4H3. The van der Waals surface area contributed by atoms with Crippen LogP contribution in [0.2, 0.25) is 5.02 Å². The van der Waals surface area contributed by atoms with Crippen LogP contribution in [0.4, 0.5) is 13.2 Å². The van der Waals surface area contributed by atoms with Crippen molar-refractivity contribution >= 4 is 33.2 Å². The molecule has 0 bridgehead atoms. The summed E-state index contributed by atoms with van der Waals surface area (Å²) in [4.78, 5) is 4.10. The summed E-state index contributed by atoms with van der Waals surface area (Å²) in [6, 6.07) is 12.9. The van der Waals surface area contributed by atoms with E-state index in [-0.39, 0.29) is 11.3 Å². The first kappa shape index (κ1) is 28.1. The van der Waals surface area contributed by atoms with Crippen molar-refractivity contribution in [2.45, 2.75) is 35.1 Å². The molecular weight excluding hydrogens is 557 g/mol. The van der Waals surface area contributed by atoms with Crippen molar-refractivity contribution in [3.8, 4) is 11.4 Å². The maximum absolute atomic E-state index is 14.7. The Labute approximate surface area is 228 Å². The number of sulfone groups is 1. The molecule has 5 nitrogen and oxygen atoms in total. The molecule has 0 aliphatic heterocycles. The Bertz CT molecular complexity index is 1580. The van der Waals surface area contributed by atoms with Gasteiger partial charge >= 0.3 is 0 Å². The lowest BCUT2D eigenvalue weighted by atomic mass is 9.81. The van der Waals surface area contributed by atoms with E-state index in [1.807, 2.05) is 26.0 Å². The van der Waals surface area contributed by atoms with Gasteiger partial charge in [0.1, 0.15) is 23.2 Å². The number of benzene rings is 3. The van der Waals surface area contributed by atoms with Crippen molar-refractivity contribution < 1.29 is 26.3 Å². The number of rotatable bonds is 8. The van der Waals surface area contributed by atoms with Crippen LogP contribution in [0.1, 0.15) is 30.7 Å². The zero-order chi connectivity index (χ0) is 27.8. The van der Waals surface area contributed by atoms with Crippen LogP contribution in [0.25, 0.3) is 5.69 Å². The van der Waals surface area contributed by atoms with E-state index in [1.165, 1.54) is 19.2 Å². The van der Waals surface area contributed by atoms with Crippen LogP contribution in [0.5, 0.6) is 5.75 Å². The van der Waals surface area contributed by atoms with Gasteiger partial charge in [0.05, 0.1) is 28.9 Å². The first-order valence-electron chi connectivity index (χ1n) is 11.3. The lowest BCUT2D eigenvalue weighted by Crippen LogP contribution is -2.23. The summed E-state index contributed by atoms with van der Waals surface area (Å²) in [5, 5.41) is 0.868. The third-order valence-corrected chi connectivity index (χ3v) is 8.60. The summed E-state index contributed by atoms with van der Waals surface area (Å²) in [6.07, 6.45) is 2.54. The molecular formula is C27H24ClF3N2O3S2. The lowest BCUT2D eigenvalue weighted by molar-refractivity contribution is 0.413. The molecule has 0 unspecified atom stereocenters. The van der Waals surface area contributed by atoms with Crippen LogP contribution >= 0.6 is 23.4 Å². The van der Waals surface area contributed by atoms with Gasteiger partial charge in [0.25, 0.3) is 0 Å². The number of nitrogens with zero attached hydrogens (tertiary/aromatic N) is 2. The fourth-order valence-corrected chi connectivity index (χ4v) is 5.82. The number of hydrogen-bond acceptors (Lipinski definition) is 5. The fraction of sp³-hybridized carbons (Fsp3) is 0.222. The largest absolute Gasteiger partial charge is 0.495 e. The minimum absolute atomic E-state index is 0.158. The van der Waals surface area contributed by atoms with Gasteiger partial charge in [-0.2, -0.15) is 0 Å². The van der Waals surface area contributed by atoms with Crippen molar-refractivity contribution in [3.05, 3.63) is 100 Å². The van der Waals surface area contributed by atoms with Gasteiger partial charge in [0.15, 0.2) is 15.0 Å². The van der Waals surface area contributed by atoms with Crippen molar-refractivity contribution in [1.29, 1.82) is 0 Å². The topological polar surface area (TPSA) is 61.2 Å². The third-order valence-electron chi connectivity index (χ3n) is 6.22. The molecule has 4 aromatic rings. The van der Waals surface area contributed by atoms with E-state index in [2.05, 4.69) is 4.98 Å². The van der Waals surface area contributed by atoms with Gasteiger partial charge in [-0.3, -0.25) is 4.57 Å². The molecule has 0 amide bonds. The predicted octanol–water partition coefficient (Wildman–Crippen LogP) is 6.97. The van der Waals surface area contributed by atoms with Gasteiger partial charge in [-0.25, -0.2) is 26.6 Å². The minimum Gasteiger partial charge on any atom is -0.495 e. The highest BCUT2D eigenvalue weighted by molar-refractivity contribution is 7.98. The van der Waals surface area contributed by atoms with Gasteiger partial charge < -0.3 is 4.74 Å². The normalized spacial score (nSPS) is 12.1. The predicted molar refractivity (Wildman–Crippen MR) is 143 cm³/mol. The van der Waals surface area contributed by atoms with Gasteiger partial charge in [-0.15, -0.1) is 0 Å². The molecule has 200 valence electrons. The van der Waals surface area contributed by atoms with Crippen molar-refractivity contribution in [3.63, 3.8) is 0 Å². The molecule has 0 spiro atoms. The van der Waals surface area contributed by atoms with Crippen LogP contribution in [-0.2, 0) is 21.0 Å². The molecule has 0 radical (unpaired) electrons. The van der Waals surface area contributed by atoms with Crippen molar-refractivity contribution in [2.24, 2.45) is 0 Å². The second-order valence-electron chi connectivity index (χ2n) is 9.14. The van der Waals surface area contributed by atoms with Gasteiger partial charge in [0, 0.05) is 28.7 Å². The van der Waals surface area contributed by atoms with E-state index >= 15 is 0 Å². The summed E-state index contributed by atoms with van der Waals surface area (Å²) in [5.41, 5.74) is 1.27. The number of imidazole rings is 1. The Morgan fingerprint density at radius 2 is 1.66 bits per heavy atom. The quantitative estimate of drug-likeness (QED) is 0.211. The lowest BCUT2D eigenvalue weighted by Gasteiger charge is -2.28. The molecule has 0 aliphatic carbocycles. The summed E-state index contributed by atoms with van der Waals surface area (Å²) in [5.74, 6) is -2.00. The Balaban J connectivity index is 1.78. The van der Waals surface area contributed by atoms with Gasteiger partial charge in [0.2, 0.25) is 0 Å². The summed E-state index contributed by atoms with van der Waals surface area (Å²) in [6.45, 7) is 3.95. The number of thioether (sulfide) groups is 1.